The molecule has 0 radical (unpaired) electrons. The lowest BCUT2D eigenvalue weighted by atomic mass is 9.87. The molecule has 2 aromatic carbocycles. The van der Waals surface area contributed by atoms with Gasteiger partial charge in [-0.25, -0.2) is 0 Å². The highest BCUT2D eigenvalue weighted by Gasteiger charge is 2.36. The summed E-state index contributed by atoms with van der Waals surface area (Å²) in [7, 11) is 0. The SMILES string of the molecule is Cc1c(C)c2c(c(C)c1OCCCC#N)CCC(C)(COc1ccc(/C=C3/SC(=O)NC3=O)cc1Br)O2. The second-order valence-electron chi connectivity index (χ2n) is 9.50. The summed E-state index contributed by atoms with van der Waals surface area (Å²) in [6, 6.07) is 7.70. The number of ether oxygens (including phenoxy) is 3. The van der Waals surface area contributed by atoms with Crippen LogP contribution in [0.4, 0.5) is 4.79 Å². The number of unbranched alkanes of at least 4 members (excludes halogenated alkanes) is 1. The Labute approximate surface area is 229 Å². The summed E-state index contributed by atoms with van der Waals surface area (Å²) in [6.45, 7) is 9.13. The summed E-state index contributed by atoms with van der Waals surface area (Å²) in [6.07, 6.45) is 4.51. The van der Waals surface area contributed by atoms with Gasteiger partial charge in [-0.1, -0.05) is 6.07 Å². The van der Waals surface area contributed by atoms with E-state index < -0.39 is 5.60 Å². The summed E-state index contributed by atoms with van der Waals surface area (Å²) in [5.74, 6) is 2.09. The third-order valence-electron chi connectivity index (χ3n) is 6.67. The fourth-order valence-electron chi connectivity index (χ4n) is 4.45. The Balaban J connectivity index is 1.46. The Morgan fingerprint density at radius 1 is 1.22 bits per heavy atom. The van der Waals surface area contributed by atoms with Crippen LogP contribution in [-0.2, 0) is 11.2 Å². The molecule has 2 aliphatic heterocycles. The maximum Gasteiger partial charge on any atom is 0.290 e. The van der Waals surface area contributed by atoms with E-state index in [1.165, 1.54) is 5.56 Å². The van der Waals surface area contributed by atoms with Gasteiger partial charge in [-0.2, -0.15) is 5.26 Å². The number of rotatable bonds is 8. The lowest BCUT2D eigenvalue weighted by molar-refractivity contribution is -0.115. The molecule has 1 atom stereocenters. The predicted molar refractivity (Wildman–Crippen MR) is 147 cm³/mol. The van der Waals surface area contributed by atoms with Crippen molar-refractivity contribution in [1.29, 1.82) is 5.26 Å². The zero-order chi connectivity index (χ0) is 26.7. The normalized spacial score (nSPS) is 19.7. The molecule has 9 heteroatoms. The molecule has 2 heterocycles. The van der Waals surface area contributed by atoms with E-state index >= 15 is 0 Å². The summed E-state index contributed by atoms with van der Waals surface area (Å²) in [4.78, 5) is 23.6. The van der Waals surface area contributed by atoms with Crippen LogP contribution in [0.5, 0.6) is 17.2 Å². The van der Waals surface area contributed by atoms with Crippen LogP contribution in [0, 0.1) is 32.1 Å². The van der Waals surface area contributed by atoms with Crippen LogP contribution in [0.2, 0.25) is 0 Å². The zero-order valence-corrected chi connectivity index (χ0v) is 23.7. The number of nitriles is 1. The van der Waals surface area contributed by atoms with E-state index in [0.29, 0.717) is 36.7 Å². The van der Waals surface area contributed by atoms with Crippen molar-refractivity contribution in [3.63, 3.8) is 0 Å². The lowest BCUT2D eigenvalue weighted by Crippen LogP contribution is -2.42. The van der Waals surface area contributed by atoms with Crippen LogP contribution in [0.15, 0.2) is 27.6 Å². The topological polar surface area (TPSA) is 97.6 Å². The van der Waals surface area contributed by atoms with Gasteiger partial charge >= 0.3 is 0 Å². The highest BCUT2D eigenvalue weighted by atomic mass is 79.9. The molecule has 1 fully saturated rings. The minimum atomic E-state index is -0.509. The molecule has 0 aliphatic carbocycles. The van der Waals surface area contributed by atoms with Crippen molar-refractivity contribution < 1.29 is 23.8 Å². The van der Waals surface area contributed by atoms with Gasteiger partial charge in [0, 0.05) is 12.0 Å². The molecule has 37 heavy (non-hydrogen) atoms. The van der Waals surface area contributed by atoms with E-state index in [0.717, 1.165) is 62.8 Å². The van der Waals surface area contributed by atoms with Crippen LogP contribution < -0.4 is 19.5 Å². The van der Waals surface area contributed by atoms with Crippen LogP contribution in [0.3, 0.4) is 0 Å². The van der Waals surface area contributed by atoms with E-state index in [-0.39, 0.29) is 11.1 Å². The number of carbonyl (C=O) groups excluding carboxylic acids is 2. The van der Waals surface area contributed by atoms with Crippen LogP contribution in [-0.4, -0.2) is 30.0 Å². The summed E-state index contributed by atoms with van der Waals surface area (Å²) >= 11 is 4.45. The van der Waals surface area contributed by atoms with Gasteiger partial charge in [-0.15, -0.1) is 0 Å². The van der Waals surface area contributed by atoms with Gasteiger partial charge in [0.25, 0.3) is 11.1 Å². The first kappa shape index (κ1) is 27.1. The number of nitrogens with one attached hydrogen (secondary N) is 1. The van der Waals surface area contributed by atoms with Gasteiger partial charge in [0.05, 0.1) is 22.1 Å². The van der Waals surface area contributed by atoms with E-state index in [1.807, 2.05) is 25.1 Å². The second kappa shape index (κ2) is 11.2. The molecule has 2 aliphatic rings. The first-order valence-electron chi connectivity index (χ1n) is 12.1. The molecule has 2 aromatic rings. The number of imide groups is 1. The van der Waals surface area contributed by atoms with Crippen molar-refractivity contribution in [2.75, 3.05) is 13.2 Å². The summed E-state index contributed by atoms with van der Waals surface area (Å²) in [5, 5.41) is 10.7. The van der Waals surface area contributed by atoms with E-state index in [2.05, 4.69) is 48.1 Å². The van der Waals surface area contributed by atoms with Crippen LogP contribution in [0.1, 0.15) is 54.0 Å². The van der Waals surface area contributed by atoms with E-state index in [1.54, 1.807) is 6.08 Å². The molecule has 4 rings (SSSR count). The first-order valence-corrected chi connectivity index (χ1v) is 13.7. The maximum atomic E-state index is 11.8. The number of nitrogens with zero attached hydrogens (tertiary/aromatic N) is 1. The molecular formula is C28H29BrN2O5S. The molecule has 0 bridgehead atoms. The number of carbonyl (C=O) groups is 2. The third kappa shape index (κ3) is 5.97. The Hall–Kier alpha value is -2.96. The van der Waals surface area contributed by atoms with Gasteiger partial charge in [0.2, 0.25) is 0 Å². The number of fused-ring (bicyclic) bond motifs is 1. The minimum Gasteiger partial charge on any atom is -0.493 e. The van der Waals surface area contributed by atoms with E-state index in [9.17, 15) is 9.59 Å². The molecule has 7 nitrogen and oxygen atoms in total. The second-order valence-corrected chi connectivity index (χ2v) is 11.4. The Morgan fingerprint density at radius 2 is 2.00 bits per heavy atom. The Morgan fingerprint density at radius 3 is 2.68 bits per heavy atom. The molecule has 0 spiro atoms. The van der Waals surface area contributed by atoms with Gasteiger partial charge in [0.15, 0.2) is 0 Å². The Bertz CT molecular complexity index is 1330. The zero-order valence-electron chi connectivity index (χ0n) is 21.3. The maximum absolute atomic E-state index is 11.8. The molecule has 194 valence electrons. The first-order chi connectivity index (χ1) is 17.6. The van der Waals surface area contributed by atoms with Gasteiger partial charge < -0.3 is 14.2 Å². The molecule has 1 N–H and O–H groups in total. The molecule has 1 unspecified atom stereocenters. The van der Waals surface area contributed by atoms with Crippen molar-refractivity contribution in [2.24, 2.45) is 0 Å². The number of amides is 2. The highest BCUT2D eigenvalue weighted by molar-refractivity contribution is 9.10. The lowest BCUT2D eigenvalue weighted by Gasteiger charge is -2.38. The van der Waals surface area contributed by atoms with Crippen molar-refractivity contribution in [3.05, 3.63) is 55.4 Å². The molecule has 0 aromatic heterocycles. The Kier molecular flexibility index (Phi) is 8.20. The highest BCUT2D eigenvalue weighted by Crippen LogP contribution is 2.44. The standard InChI is InChI=1S/C28H29BrN2O5S/c1-16-17(2)25-20(18(3)24(16)34-12-6-5-11-30)9-10-28(4,36-25)15-35-22-8-7-19(13-21(22)29)14-23-26(32)31-27(33)37-23/h7-8,13-14H,5-6,9-10,12,15H2,1-4H3,(H,31,32,33)/b23-14+. The number of hydrogen-bond donors (Lipinski definition) is 1. The average Bonchev–Trinajstić information content (AvgIpc) is 3.17. The third-order valence-corrected chi connectivity index (χ3v) is 8.10. The number of halogens is 1. The number of thioether (sulfide) groups is 1. The van der Waals surface area contributed by atoms with Gasteiger partial charge in [0.1, 0.15) is 29.5 Å². The minimum absolute atomic E-state index is 0.363. The number of benzene rings is 2. The predicted octanol–water partition coefficient (Wildman–Crippen LogP) is 6.54. The van der Waals surface area contributed by atoms with Crippen molar-refractivity contribution in [2.45, 2.75) is 59.0 Å². The van der Waals surface area contributed by atoms with Crippen LogP contribution in [0.25, 0.3) is 6.08 Å². The molecule has 1 saturated heterocycles. The van der Waals surface area contributed by atoms with Gasteiger partial charge in [-0.3, -0.25) is 14.9 Å². The molecule has 2 amide bonds. The van der Waals surface area contributed by atoms with Crippen molar-refractivity contribution in [1.82, 2.24) is 5.32 Å². The van der Waals surface area contributed by atoms with Gasteiger partial charge in [-0.05, 0) is 115 Å². The average molecular weight is 586 g/mol. The molecular weight excluding hydrogens is 556 g/mol. The van der Waals surface area contributed by atoms with Crippen molar-refractivity contribution >= 4 is 44.9 Å². The van der Waals surface area contributed by atoms with E-state index in [4.69, 9.17) is 19.5 Å². The van der Waals surface area contributed by atoms with Crippen molar-refractivity contribution in [3.8, 4) is 23.3 Å². The smallest absolute Gasteiger partial charge is 0.290 e. The summed E-state index contributed by atoms with van der Waals surface area (Å²) in [5.41, 5.74) is 4.66. The monoisotopic (exact) mass is 584 g/mol. The largest absolute Gasteiger partial charge is 0.493 e. The fourth-order valence-corrected chi connectivity index (χ4v) is 5.65. The number of hydrogen-bond acceptors (Lipinski definition) is 7. The fraction of sp³-hybridized carbons (Fsp3) is 0.393. The van der Waals surface area contributed by atoms with Crippen LogP contribution >= 0.6 is 27.7 Å². The summed E-state index contributed by atoms with van der Waals surface area (Å²) < 4.78 is 19.6. The molecule has 0 saturated carbocycles. The quantitative estimate of drug-likeness (QED) is 0.277.